The van der Waals surface area contributed by atoms with E-state index in [1.165, 1.54) is 58.3 Å². The van der Waals surface area contributed by atoms with E-state index >= 15 is 0 Å². The second-order valence-corrected chi connectivity index (χ2v) is 6.27. The van der Waals surface area contributed by atoms with Crippen LogP contribution in [0.5, 0.6) is 0 Å². The van der Waals surface area contributed by atoms with Crippen molar-refractivity contribution in [3.05, 3.63) is 0 Å². The fourth-order valence-corrected chi connectivity index (χ4v) is 3.41. The molecule has 2 unspecified atom stereocenters. The van der Waals surface area contributed by atoms with E-state index in [0.717, 1.165) is 18.1 Å². The van der Waals surface area contributed by atoms with Gasteiger partial charge < -0.3 is 15.1 Å². The molecule has 2 aliphatic heterocycles. The van der Waals surface area contributed by atoms with Crippen molar-refractivity contribution in [1.82, 2.24) is 15.1 Å². The Labute approximate surface area is 113 Å². The molecule has 2 saturated heterocycles. The first-order valence-corrected chi connectivity index (χ1v) is 7.88. The maximum absolute atomic E-state index is 3.68. The van der Waals surface area contributed by atoms with Gasteiger partial charge >= 0.3 is 0 Å². The summed E-state index contributed by atoms with van der Waals surface area (Å²) in [6.07, 6.45) is 6.69. The predicted molar refractivity (Wildman–Crippen MR) is 78.0 cm³/mol. The monoisotopic (exact) mass is 253 g/mol. The molecule has 0 saturated carbocycles. The number of nitrogens with one attached hydrogen (secondary N) is 1. The molecule has 0 spiro atoms. The topological polar surface area (TPSA) is 18.5 Å². The first-order valence-electron chi connectivity index (χ1n) is 7.88. The summed E-state index contributed by atoms with van der Waals surface area (Å²) >= 11 is 0. The zero-order valence-corrected chi connectivity index (χ0v) is 12.5. The highest BCUT2D eigenvalue weighted by molar-refractivity contribution is 4.87. The molecule has 2 rings (SSSR count). The summed E-state index contributed by atoms with van der Waals surface area (Å²) in [5.41, 5.74) is 0. The first-order chi connectivity index (χ1) is 8.70. The van der Waals surface area contributed by atoms with Gasteiger partial charge in [-0.1, -0.05) is 6.92 Å². The molecule has 2 aliphatic rings. The van der Waals surface area contributed by atoms with Gasteiger partial charge in [0.2, 0.25) is 0 Å². The van der Waals surface area contributed by atoms with Crippen LogP contribution in [0.25, 0.3) is 0 Å². The quantitative estimate of drug-likeness (QED) is 0.826. The number of likely N-dealkylation sites (tertiary alicyclic amines) is 2. The largest absolute Gasteiger partial charge is 0.314 e. The van der Waals surface area contributed by atoms with Gasteiger partial charge in [0.15, 0.2) is 0 Å². The third-order valence-corrected chi connectivity index (χ3v) is 4.91. The summed E-state index contributed by atoms with van der Waals surface area (Å²) in [5.74, 6) is 0. The van der Waals surface area contributed by atoms with E-state index in [2.05, 4.69) is 36.0 Å². The molecule has 18 heavy (non-hydrogen) atoms. The molecule has 0 aromatic rings. The molecule has 0 amide bonds. The smallest absolute Gasteiger partial charge is 0.0122 e. The van der Waals surface area contributed by atoms with Gasteiger partial charge in [-0.3, -0.25) is 0 Å². The molecule has 0 aromatic heterocycles. The summed E-state index contributed by atoms with van der Waals surface area (Å²) in [6.45, 7) is 9.71. The van der Waals surface area contributed by atoms with Crippen molar-refractivity contribution in [3.63, 3.8) is 0 Å². The van der Waals surface area contributed by atoms with E-state index in [0.29, 0.717) is 0 Å². The van der Waals surface area contributed by atoms with Gasteiger partial charge in [-0.25, -0.2) is 0 Å². The van der Waals surface area contributed by atoms with Crippen molar-refractivity contribution < 1.29 is 0 Å². The first kappa shape index (κ1) is 14.3. The van der Waals surface area contributed by atoms with E-state index < -0.39 is 0 Å². The predicted octanol–water partition coefficient (Wildman–Crippen LogP) is 1.93. The van der Waals surface area contributed by atoms with E-state index in [1.807, 2.05) is 0 Å². The van der Waals surface area contributed by atoms with Crippen LogP contribution in [0.15, 0.2) is 0 Å². The van der Waals surface area contributed by atoms with Gasteiger partial charge in [0.1, 0.15) is 0 Å². The number of nitrogens with zero attached hydrogens (tertiary/aromatic N) is 2. The van der Waals surface area contributed by atoms with Gasteiger partial charge in [0.25, 0.3) is 0 Å². The lowest BCUT2D eigenvalue weighted by molar-refractivity contribution is 0.0677. The van der Waals surface area contributed by atoms with Gasteiger partial charge in [0, 0.05) is 18.1 Å². The third-order valence-electron chi connectivity index (χ3n) is 4.91. The Morgan fingerprint density at radius 2 is 1.83 bits per heavy atom. The molecule has 0 aliphatic carbocycles. The van der Waals surface area contributed by atoms with Crippen LogP contribution < -0.4 is 5.32 Å². The van der Waals surface area contributed by atoms with Crippen LogP contribution in [0.2, 0.25) is 0 Å². The lowest BCUT2D eigenvalue weighted by Crippen LogP contribution is -2.51. The summed E-state index contributed by atoms with van der Waals surface area (Å²) in [7, 11) is 2.27. The fourth-order valence-electron chi connectivity index (χ4n) is 3.41. The van der Waals surface area contributed by atoms with Gasteiger partial charge in [-0.15, -0.1) is 0 Å². The molecule has 1 N–H and O–H groups in total. The van der Waals surface area contributed by atoms with Gasteiger partial charge in [0.05, 0.1) is 0 Å². The maximum atomic E-state index is 3.68. The van der Waals surface area contributed by atoms with Crippen LogP contribution >= 0.6 is 0 Å². The molecule has 0 aromatic carbocycles. The lowest BCUT2D eigenvalue weighted by Gasteiger charge is -2.43. The minimum Gasteiger partial charge on any atom is -0.314 e. The molecule has 3 heteroatoms. The highest BCUT2D eigenvalue weighted by Crippen LogP contribution is 2.23. The second kappa shape index (κ2) is 6.88. The van der Waals surface area contributed by atoms with Crippen LogP contribution in [-0.4, -0.2) is 61.2 Å². The molecule has 2 fully saturated rings. The SMILES string of the molecule is CCCNC1CCN(C2CCN(C)C(C)C2)CC1. The summed E-state index contributed by atoms with van der Waals surface area (Å²) in [6, 6.07) is 2.40. The molecule has 106 valence electrons. The minimum absolute atomic E-state index is 0.764. The third kappa shape index (κ3) is 3.69. The molecular formula is C15H31N3. The van der Waals surface area contributed by atoms with E-state index in [-0.39, 0.29) is 0 Å². The van der Waals surface area contributed by atoms with E-state index in [1.54, 1.807) is 0 Å². The zero-order valence-electron chi connectivity index (χ0n) is 12.5. The molecule has 0 bridgehead atoms. The standard InChI is InChI=1S/C15H31N3/c1-4-8-16-14-5-10-18(11-6-14)15-7-9-17(3)13(2)12-15/h13-16H,4-12H2,1-3H3. The maximum Gasteiger partial charge on any atom is 0.0122 e. The Balaban J connectivity index is 1.72. The van der Waals surface area contributed by atoms with Gasteiger partial charge in [-0.05, 0) is 72.3 Å². The van der Waals surface area contributed by atoms with Crippen LogP contribution in [-0.2, 0) is 0 Å². The average Bonchev–Trinajstić information content (AvgIpc) is 2.40. The van der Waals surface area contributed by atoms with Crippen molar-refractivity contribution in [3.8, 4) is 0 Å². The van der Waals surface area contributed by atoms with Crippen LogP contribution in [0.3, 0.4) is 0 Å². The van der Waals surface area contributed by atoms with Crippen LogP contribution in [0.1, 0.15) is 46.0 Å². The molecule has 2 heterocycles. The van der Waals surface area contributed by atoms with Crippen molar-refractivity contribution in [1.29, 1.82) is 0 Å². The van der Waals surface area contributed by atoms with Crippen LogP contribution in [0, 0.1) is 0 Å². The van der Waals surface area contributed by atoms with Crippen molar-refractivity contribution >= 4 is 0 Å². The van der Waals surface area contributed by atoms with Crippen molar-refractivity contribution in [2.75, 3.05) is 33.2 Å². The van der Waals surface area contributed by atoms with Crippen molar-refractivity contribution in [2.45, 2.75) is 64.1 Å². The Kier molecular flexibility index (Phi) is 5.46. The van der Waals surface area contributed by atoms with Crippen LogP contribution in [0.4, 0.5) is 0 Å². The Morgan fingerprint density at radius 3 is 2.44 bits per heavy atom. The summed E-state index contributed by atoms with van der Waals surface area (Å²) < 4.78 is 0. The molecule has 0 radical (unpaired) electrons. The summed E-state index contributed by atoms with van der Waals surface area (Å²) in [4.78, 5) is 5.26. The minimum atomic E-state index is 0.764. The number of hydrogen-bond donors (Lipinski definition) is 1. The Hall–Kier alpha value is -0.120. The lowest BCUT2D eigenvalue weighted by atomic mass is 9.94. The summed E-state index contributed by atoms with van der Waals surface area (Å²) in [5, 5.41) is 3.68. The molecule has 3 nitrogen and oxygen atoms in total. The number of piperidine rings is 2. The average molecular weight is 253 g/mol. The normalized spacial score (nSPS) is 32.8. The number of hydrogen-bond acceptors (Lipinski definition) is 3. The number of rotatable bonds is 4. The zero-order chi connectivity index (χ0) is 13.0. The molecule has 2 atom stereocenters. The van der Waals surface area contributed by atoms with E-state index in [9.17, 15) is 0 Å². The fraction of sp³-hybridized carbons (Fsp3) is 1.00. The highest BCUT2D eigenvalue weighted by Gasteiger charge is 2.29. The van der Waals surface area contributed by atoms with Crippen molar-refractivity contribution in [2.24, 2.45) is 0 Å². The second-order valence-electron chi connectivity index (χ2n) is 6.27. The highest BCUT2D eigenvalue weighted by atomic mass is 15.2. The molecular weight excluding hydrogens is 222 g/mol. The van der Waals surface area contributed by atoms with Gasteiger partial charge in [-0.2, -0.15) is 0 Å². The Bertz CT molecular complexity index is 236. The Morgan fingerprint density at radius 1 is 1.11 bits per heavy atom. The van der Waals surface area contributed by atoms with E-state index in [4.69, 9.17) is 0 Å².